The minimum absolute atomic E-state index is 0.0783. The smallest absolute Gasteiger partial charge is 0.199 e. The lowest BCUT2D eigenvalue weighted by molar-refractivity contribution is -0.373. The van der Waals surface area contributed by atoms with E-state index in [2.05, 4.69) is 19.9 Å². The molecule has 2 bridgehead atoms. The summed E-state index contributed by atoms with van der Waals surface area (Å²) in [5, 5.41) is 23.9. The maximum absolute atomic E-state index is 13.5. The number of allylic oxidation sites excluding steroid dienone is 2. The first-order chi connectivity index (χ1) is 15.7. The van der Waals surface area contributed by atoms with Gasteiger partial charge in [0.2, 0.25) is 0 Å². The third-order valence-corrected chi connectivity index (χ3v) is 11.1. The Morgan fingerprint density at radius 1 is 0.971 bits per heavy atom. The highest BCUT2D eigenvalue weighted by atomic mass is 16.7. The van der Waals surface area contributed by atoms with Crippen LogP contribution >= 0.6 is 0 Å². The maximum atomic E-state index is 13.5. The summed E-state index contributed by atoms with van der Waals surface area (Å²) in [6.07, 6.45) is 8.22. The molecule has 2 saturated heterocycles. The molecule has 0 aromatic heterocycles. The summed E-state index contributed by atoms with van der Waals surface area (Å²) in [6.45, 7) is 12.1. The zero-order valence-corrected chi connectivity index (χ0v) is 21.0. The number of aliphatic hydroxyl groups excluding tert-OH is 1. The molecule has 1 spiro atoms. The van der Waals surface area contributed by atoms with E-state index in [0.29, 0.717) is 30.4 Å². The molecule has 3 fully saturated rings. The summed E-state index contributed by atoms with van der Waals surface area (Å²) >= 11 is 0. The average Bonchev–Trinajstić information content (AvgIpc) is 3.09. The Balaban J connectivity index is 1.59. The number of hydrogen-bond acceptors (Lipinski definition) is 6. The number of hydrogen-bond donors (Lipinski definition) is 2. The molecule has 2 N–H and O–H groups in total. The van der Waals surface area contributed by atoms with Crippen LogP contribution < -0.4 is 0 Å². The highest BCUT2D eigenvalue weighted by Gasteiger charge is 2.78. The fourth-order valence-electron chi connectivity index (χ4n) is 8.53. The van der Waals surface area contributed by atoms with Crippen LogP contribution in [0.4, 0.5) is 0 Å². The van der Waals surface area contributed by atoms with Crippen LogP contribution in [0.3, 0.4) is 0 Å². The Morgan fingerprint density at radius 3 is 2.32 bits per heavy atom. The lowest BCUT2D eigenvalue weighted by Crippen LogP contribution is -2.71. The van der Waals surface area contributed by atoms with Gasteiger partial charge < -0.3 is 19.7 Å². The van der Waals surface area contributed by atoms with Crippen LogP contribution in [0.1, 0.15) is 67.2 Å². The van der Waals surface area contributed by atoms with Crippen LogP contribution in [0.15, 0.2) is 35.5 Å². The molecule has 0 radical (unpaired) electrons. The van der Waals surface area contributed by atoms with Crippen LogP contribution in [0.25, 0.3) is 0 Å². The molecule has 0 amide bonds. The van der Waals surface area contributed by atoms with E-state index < -0.39 is 39.5 Å². The SMILES string of the molecule is C[C@H]1[C@@H](O)[C@@]2(OC1(C)C)O[C@@]13CC[C@H]([C@@H]2C)[C@@]1(C)C=C[C@@]1(O)C3=CC(=O)C2=CC(=O)CC[C@@]21C. The second-order valence-electron chi connectivity index (χ2n) is 12.7. The van der Waals surface area contributed by atoms with Gasteiger partial charge >= 0.3 is 0 Å². The summed E-state index contributed by atoms with van der Waals surface area (Å²) < 4.78 is 13.7. The van der Waals surface area contributed by atoms with Crippen LogP contribution in [-0.4, -0.2) is 50.5 Å². The topological polar surface area (TPSA) is 93.1 Å². The first-order valence-corrected chi connectivity index (χ1v) is 12.7. The largest absolute Gasteiger partial charge is 0.387 e. The van der Waals surface area contributed by atoms with E-state index in [-0.39, 0.29) is 29.3 Å². The molecule has 6 aliphatic rings. The molecular formula is C28H36O6. The van der Waals surface area contributed by atoms with Gasteiger partial charge in [0.1, 0.15) is 17.3 Å². The summed E-state index contributed by atoms with van der Waals surface area (Å²) in [7, 11) is 0. The van der Waals surface area contributed by atoms with Crippen molar-refractivity contribution in [3.05, 3.63) is 35.5 Å². The van der Waals surface area contributed by atoms with Gasteiger partial charge in [-0.3, -0.25) is 9.59 Å². The van der Waals surface area contributed by atoms with E-state index in [9.17, 15) is 19.8 Å². The highest BCUT2D eigenvalue weighted by Crippen LogP contribution is 2.73. The van der Waals surface area contributed by atoms with Gasteiger partial charge in [-0.2, -0.15) is 0 Å². The molecule has 0 aromatic carbocycles. The lowest BCUT2D eigenvalue weighted by Gasteiger charge is -2.65. The molecular weight excluding hydrogens is 432 g/mol. The van der Waals surface area contributed by atoms with Crippen molar-refractivity contribution in [2.45, 2.75) is 95.9 Å². The summed E-state index contributed by atoms with van der Waals surface area (Å²) in [4.78, 5) is 25.6. The Hall–Kier alpha value is -1.60. The minimum Gasteiger partial charge on any atom is -0.387 e. The van der Waals surface area contributed by atoms with Gasteiger partial charge in [0.15, 0.2) is 17.4 Å². The zero-order chi connectivity index (χ0) is 24.7. The van der Waals surface area contributed by atoms with Gasteiger partial charge in [0.05, 0.1) is 5.60 Å². The fourth-order valence-corrected chi connectivity index (χ4v) is 8.53. The van der Waals surface area contributed by atoms with E-state index in [1.165, 1.54) is 12.2 Å². The van der Waals surface area contributed by atoms with Crippen molar-refractivity contribution in [3.8, 4) is 0 Å². The van der Waals surface area contributed by atoms with Gasteiger partial charge in [-0.15, -0.1) is 0 Å². The van der Waals surface area contributed by atoms with Crippen molar-refractivity contribution in [2.24, 2.45) is 28.6 Å². The molecule has 6 rings (SSSR count). The van der Waals surface area contributed by atoms with Gasteiger partial charge in [0, 0.05) is 40.2 Å². The predicted molar refractivity (Wildman–Crippen MR) is 124 cm³/mol. The van der Waals surface area contributed by atoms with E-state index in [4.69, 9.17) is 9.47 Å². The van der Waals surface area contributed by atoms with Gasteiger partial charge in [-0.25, -0.2) is 0 Å². The van der Waals surface area contributed by atoms with Crippen LogP contribution in [0.5, 0.6) is 0 Å². The van der Waals surface area contributed by atoms with Crippen molar-refractivity contribution in [3.63, 3.8) is 0 Å². The van der Waals surface area contributed by atoms with E-state index >= 15 is 0 Å². The van der Waals surface area contributed by atoms with E-state index in [0.717, 1.165) is 6.42 Å². The molecule has 1 saturated carbocycles. The molecule has 4 aliphatic carbocycles. The summed E-state index contributed by atoms with van der Waals surface area (Å²) in [6, 6.07) is 0. The molecule has 6 heteroatoms. The number of fused-ring (bicyclic) bond motifs is 3. The minimum atomic E-state index is -1.46. The highest BCUT2D eigenvalue weighted by molar-refractivity contribution is 6.12. The summed E-state index contributed by atoms with van der Waals surface area (Å²) in [5.74, 6) is -1.62. The maximum Gasteiger partial charge on any atom is 0.199 e. The van der Waals surface area contributed by atoms with Gasteiger partial charge in [-0.1, -0.05) is 39.8 Å². The lowest BCUT2D eigenvalue weighted by atomic mass is 9.47. The van der Waals surface area contributed by atoms with E-state index in [1.807, 2.05) is 33.8 Å². The average molecular weight is 469 g/mol. The molecule has 184 valence electrons. The standard InChI is InChI=1S/C28H36O6/c1-15-18-8-10-27(34-28(15)22(31)16(2)23(3,4)33-28)21-14-20(30)19-13-17(29)7-9-24(19,5)26(21,32)12-11-25(18,27)6/h11-16,18,22,31-32H,7-10H2,1-6H3/t15-,16-,18+,22+,24-,25+,26+,27+,28-/m0/s1. The molecule has 34 heavy (non-hydrogen) atoms. The Morgan fingerprint density at radius 2 is 1.68 bits per heavy atom. The second kappa shape index (κ2) is 6.20. The number of rotatable bonds is 0. The first kappa shape index (κ1) is 22.8. The first-order valence-electron chi connectivity index (χ1n) is 12.7. The Labute approximate surface area is 201 Å². The van der Waals surface area contributed by atoms with Crippen LogP contribution in [-0.2, 0) is 19.1 Å². The van der Waals surface area contributed by atoms with Crippen LogP contribution in [0.2, 0.25) is 0 Å². The number of carbonyl (C=O) groups excluding carboxylic acids is 2. The van der Waals surface area contributed by atoms with Crippen molar-refractivity contribution in [1.82, 2.24) is 0 Å². The Bertz CT molecular complexity index is 1120. The number of ether oxygens (including phenoxy) is 2. The van der Waals surface area contributed by atoms with E-state index in [1.54, 1.807) is 0 Å². The third kappa shape index (κ3) is 2.20. The Kier molecular flexibility index (Phi) is 4.17. The van der Waals surface area contributed by atoms with Gasteiger partial charge in [-0.05, 0) is 51.2 Å². The van der Waals surface area contributed by atoms with Crippen molar-refractivity contribution in [1.29, 1.82) is 0 Å². The predicted octanol–water partition coefficient (Wildman–Crippen LogP) is 3.42. The molecule has 2 aliphatic heterocycles. The zero-order valence-electron chi connectivity index (χ0n) is 21.0. The molecule has 9 atom stereocenters. The van der Waals surface area contributed by atoms with Crippen LogP contribution in [0, 0.1) is 28.6 Å². The normalized spacial score (nSPS) is 54.9. The summed E-state index contributed by atoms with van der Waals surface area (Å²) in [5.41, 5.74) is -3.48. The molecule has 0 aromatic rings. The molecule has 2 heterocycles. The van der Waals surface area contributed by atoms with Crippen molar-refractivity contribution < 1.29 is 29.3 Å². The van der Waals surface area contributed by atoms with Crippen molar-refractivity contribution in [2.75, 3.05) is 0 Å². The third-order valence-electron chi connectivity index (χ3n) is 11.1. The second-order valence-corrected chi connectivity index (χ2v) is 12.7. The monoisotopic (exact) mass is 468 g/mol. The molecule has 0 unspecified atom stereocenters. The number of ketones is 2. The number of carbonyl (C=O) groups is 2. The van der Waals surface area contributed by atoms with Crippen molar-refractivity contribution >= 4 is 11.6 Å². The quantitative estimate of drug-likeness (QED) is 0.529. The molecule has 6 nitrogen and oxygen atoms in total. The van der Waals surface area contributed by atoms with Gasteiger partial charge in [0.25, 0.3) is 0 Å². The number of aliphatic hydroxyl groups is 2. The fraction of sp³-hybridized carbons (Fsp3) is 0.714.